The minimum atomic E-state index is -0.503. The summed E-state index contributed by atoms with van der Waals surface area (Å²) in [4.78, 5) is 43.9. The molecule has 3 unspecified atom stereocenters. The second-order valence-electron chi connectivity index (χ2n) is 10.9. The lowest BCUT2D eigenvalue weighted by molar-refractivity contribution is -0.115. The van der Waals surface area contributed by atoms with Crippen molar-refractivity contribution in [2.24, 2.45) is 0 Å². The summed E-state index contributed by atoms with van der Waals surface area (Å²) in [6, 6.07) is 23.1. The number of methoxy groups -OCH3 is 1. The minimum absolute atomic E-state index is 0.103. The Kier molecular flexibility index (Phi) is 9.67. The summed E-state index contributed by atoms with van der Waals surface area (Å²) < 4.78 is 5.09. The zero-order chi connectivity index (χ0) is 32.2. The molecule has 7 nitrogen and oxygen atoms in total. The number of thioether (sulfide) groups is 2. The van der Waals surface area contributed by atoms with Crippen molar-refractivity contribution in [2.75, 3.05) is 22.6 Å². The molecule has 0 bridgehead atoms. The van der Waals surface area contributed by atoms with Gasteiger partial charge in [-0.15, -0.1) is 34.9 Å². The van der Waals surface area contributed by atoms with Gasteiger partial charge in [0, 0.05) is 26.4 Å². The van der Waals surface area contributed by atoms with E-state index < -0.39 is 11.2 Å². The lowest BCUT2D eigenvalue weighted by Crippen LogP contribution is -2.49. The first-order valence-corrected chi connectivity index (χ1v) is 17.6. The van der Waals surface area contributed by atoms with Gasteiger partial charge in [-0.25, -0.2) is 9.59 Å². The highest BCUT2D eigenvalue weighted by molar-refractivity contribution is 8.00. The van der Waals surface area contributed by atoms with Crippen molar-refractivity contribution in [1.82, 2.24) is 0 Å². The van der Waals surface area contributed by atoms with Gasteiger partial charge in [0.15, 0.2) is 0 Å². The van der Waals surface area contributed by atoms with Gasteiger partial charge in [0.25, 0.3) is 0 Å². The first-order valence-electron chi connectivity index (χ1n) is 14.9. The molecule has 1 aliphatic heterocycles. The van der Waals surface area contributed by atoms with Crippen LogP contribution >= 0.6 is 34.9 Å². The molecule has 4 aromatic rings. The number of hydrogen-bond acceptors (Lipinski definition) is 7. The standard InChI is InChI=1S/C36H33N3O4S3/c1-4-29(33(40)38-34-32(35(41)43-3)26(21-44-34)23-18-16-22(2)17-19-23)45-25-11-9-10-24(20-25)37-36(42)39-27-12-5-7-14-30(27)46-31-15-8-6-13-28(31)39/h5-21,27,29-30H,4H2,1-3H3,(H,37,42)(H,38,40). The van der Waals surface area contributed by atoms with Crippen LogP contribution in [0.15, 0.2) is 112 Å². The maximum absolute atomic E-state index is 13.8. The molecule has 2 N–H and O–H groups in total. The summed E-state index contributed by atoms with van der Waals surface area (Å²) in [5.74, 6) is -0.716. The van der Waals surface area contributed by atoms with Gasteiger partial charge in [0.05, 0.1) is 29.3 Å². The smallest absolute Gasteiger partial charge is 0.341 e. The Labute approximate surface area is 281 Å². The molecule has 3 atom stereocenters. The quantitative estimate of drug-likeness (QED) is 0.144. The van der Waals surface area contributed by atoms with Crippen molar-refractivity contribution in [2.45, 2.75) is 46.6 Å². The molecule has 10 heteroatoms. The van der Waals surface area contributed by atoms with Crippen molar-refractivity contribution in [3.05, 3.63) is 114 Å². The van der Waals surface area contributed by atoms with Crippen LogP contribution in [0.1, 0.15) is 29.3 Å². The van der Waals surface area contributed by atoms with Gasteiger partial charge in [-0.05, 0) is 49.2 Å². The lowest BCUT2D eigenvalue weighted by atomic mass is 10.0. The average Bonchev–Trinajstić information content (AvgIpc) is 3.49. The van der Waals surface area contributed by atoms with E-state index in [0.717, 1.165) is 32.2 Å². The Balaban J connectivity index is 1.18. The second kappa shape index (κ2) is 14.0. The van der Waals surface area contributed by atoms with Crippen molar-refractivity contribution < 1.29 is 19.1 Å². The topological polar surface area (TPSA) is 87.7 Å². The number of ether oxygens (including phenoxy) is 1. The molecule has 3 aromatic carbocycles. The molecule has 3 amide bonds. The fraction of sp³-hybridized carbons (Fsp3) is 0.194. The van der Waals surface area contributed by atoms with E-state index in [1.54, 1.807) is 11.8 Å². The maximum Gasteiger partial charge on any atom is 0.341 e. The van der Waals surface area contributed by atoms with Crippen LogP contribution in [-0.2, 0) is 9.53 Å². The fourth-order valence-corrected chi connectivity index (χ4v) is 8.67. The molecular weight excluding hydrogens is 635 g/mol. The molecule has 0 fully saturated rings. The third-order valence-corrected chi connectivity index (χ3v) is 11.3. The Morgan fingerprint density at radius 1 is 0.978 bits per heavy atom. The number of anilines is 3. The molecular formula is C36H33N3O4S3. The molecule has 0 saturated heterocycles. The Bertz CT molecular complexity index is 1830. The molecule has 0 saturated carbocycles. The van der Waals surface area contributed by atoms with Gasteiger partial charge in [-0.2, -0.15) is 0 Å². The first-order chi connectivity index (χ1) is 22.4. The number of carbonyl (C=O) groups is 3. The number of aryl methyl sites for hydroxylation is 1. The number of urea groups is 1. The first kappa shape index (κ1) is 31.7. The van der Waals surface area contributed by atoms with Crippen LogP contribution in [0.2, 0.25) is 0 Å². The largest absolute Gasteiger partial charge is 0.465 e. The van der Waals surface area contributed by atoms with Crippen LogP contribution in [0.4, 0.5) is 21.2 Å². The average molecular weight is 668 g/mol. The van der Waals surface area contributed by atoms with E-state index in [-0.39, 0.29) is 23.2 Å². The lowest BCUT2D eigenvalue weighted by Gasteiger charge is -2.40. The van der Waals surface area contributed by atoms with Crippen LogP contribution in [-0.4, -0.2) is 41.6 Å². The van der Waals surface area contributed by atoms with E-state index in [4.69, 9.17) is 4.74 Å². The molecule has 2 heterocycles. The molecule has 0 radical (unpaired) electrons. The highest BCUT2D eigenvalue weighted by Gasteiger charge is 2.36. The number of hydrogen-bond donors (Lipinski definition) is 2. The number of para-hydroxylation sites is 1. The Morgan fingerprint density at radius 2 is 1.76 bits per heavy atom. The Hall–Kier alpha value is -4.25. The summed E-state index contributed by atoms with van der Waals surface area (Å²) in [6.45, 7) is 3.95. The highest BCUT2D eigenvalue weighted by Crippen LogP contribution is 2.44. The third-order valence-electron chi connectivity index (χ3n) is 7.77. The van der Waals surface area contributed by atoms with Gasteiger partial charge < -0.3 is 15.4 Å². The predicted molar refractivity (Wildman–Crippen MR) is 190 cm³/mol. The number of nitrogens with zero attached hydrogens (tertiary/aromatic N) is 1. The Morgan fingerprint density at radius 3 is 2.54 bits per heavy atom. The van der Waals surface area contributed by atoms with Crippen molar-refractivity contribution >= 4 is 69.1 Å². The molecule has 46 heavy (non-hydrogen) atoms. The zero-order valence-electron chi connectivity index (χ0n) is 25.6. The van der Waals surface area contributed by atoms with Gasteiger partial charge in [0.1, 0.15) is 10.6 Å². The van der Waals surface area contributed by atoms with E-state index in [9.17, 15) is 14.4 Å². The van der Waals surface area contributed by atoms with Crippen LogP contribution < -0.4 is 15.5 Å². The monoisotopic (exact) mass is 667 g/mol. The van der Waals surface area contributed by atoms with E-state index in [1.165, 1.54) is 30.2 Å². The third kappa shape index (κ3) is 6.65. The van der Waals surface area contributed by atoms with E-state index in [2.05, 4.69) is 22.8 Å². The summed E-state index contributed by atoms with van der Waals surface area (Å²) in [6.07, 6.45) is 8.76. The van der Waals surface area contributed by atoms with E-state index in [1.807, 2.05) is 109 Å². The van der Waals surface area contributed by atoms with Crippen molar-refractivity contribution in [1.29, 1.82) is 0 Å². The maximum atomic E-state index is 13.8. The predicted octanol–water partition coefficient (Wildman–Crippen LogP) is 9.03. The number of thiophene rings is 1. The molecule has 2 aliphatic rings. The fourth-order valence-electron chi connectivity index (χ4n) is 5.43. The zero-order valence-corrected chi connectivity index (χ0v) is 28.0. The van der Waals surface area contributed by atoms with Gasteiger partial charge in [-0.1, -0.05) is 79.3 Å². The molecule has 1 aromatic heterocycles. The normalized spacial score (nSPS) is 17.1. The SMILES string of the molecule is CCC(Sc1cccc(NC(=O)N2c3ccccc3SC3C=CC=CC32)c1)C(=O)Nc1scc(-c2ccc(C)cc2)c1C(=O)OC. The summed E-state index contributed by atoms with van der Waals surface area (Å²) in [7, 11) is 1.34. The number of esters is 1. The van der Waals surface area contributed by atoms with E-state index in [0.29, 0.717) is 22.7 Å². The van der Waals surface area contributed by atoms with Crippen LogP contribution in [0.25, 0.3) is 11.1 Å². The summed E-state index contributed by atoms with van der Waals surface area (Å²) in [5, 5.41) is 8.10. The molecule has 0 spiro atoms. The minimum Gasteiger partial charge on any atom is -0.465 e. The van der Waals surface area contributed by atoms with Crippen LogP contribution in [0.5, 0.6) is 0 Å². The molecule has 1 aliphatic carbocycles. The number of fused-ring (bicyclic) bond motifs is 2. The van der Waals surface area contributed by atoms with E-state index >= 15 is 0 Å². The van der Waals surface area contributed by atoms with Crippen molar-refractivity contribution in [3.63, 3.8) is 0 Å². The number of amides is 3. The number of nitrogens with one attached hydrogen (secondary N) is 2. The number of benzene rings is 3. The molecule has 234 valence electrons. The molecule has 6 rings (SSSR count). The number of rotatable bonds is 8. The highest BCUT2D eigenvalue weighted by atomic mass is 32.2. The van der Waals surface area contributed by atoms with Gasteiger partial charge >= 0.3 is 12.0 Å². The number of carbonyl (C=O) groups excluding carboxylic acids is 3. The van der Waals surface area contributed by atoms with Gasteiger partial charge in [0.2, 0.25) is 5.91 Å². The van der Waals surface area contributed by atoms with Crippen LogP contribution in [0, 0.1) is 6.92 Å². The number of allylic oxidation sites excluding steroid dienone is 2. The van der Waals surface area contributed by atoms with Gasteiger partial charge in [-0.3, -0.25) is 9.69 Å². The van der Waals surface area contributed by atoms with Crippen LogP contribution in [0.3, 0.4) is 0 Å². The summed E-state index contributed by atoms with van der Waals surface area (Å²) in [5.41, 5.74) is 4.57. The van der Waals surface area contributed by atoms with Crippen molar-refractivity contribution in [3.8, 4) is 11.1 Å². The second-order valence-corrected chi connectivity index (χ2v) is 14.2. The summed E-state index contributed by atoms with van der Waals surface area (Å²) >= 11 is 4.48.